The standard InChI is InChI=1S/C22H31FN3O9P/c1-13(2)33-19(29)14(3)25-36(31,35-15-8-6-5-7-9-15)32-12-16-18(28)22(4,23)20(34-16)26-11-10-17(27)24-21(26)30/h5-9,13-14,16,18,20,28H,10-12H2,1-4H3,(H,25,31)(H,24,27,30)/t14-,16+,18+,20+,22+,36?/m1/s1. The van der Waals surface area contributed by atoms with Gasteiger partial charge in [0, 0.05) is 13.0 Å². The Kier molecular flexibility index (Phi) is 8.73. The first-order chi connectivity index (χ1) is 16.8. The van der Waals surface area contributed by atoms with Crippen LogP contribution >= 0.6 is 7.75 Å². The Morgan fingerprint density at radius 1 is 1.33 bits per heavy atom. The van der Waals surface area contributed by atoms with Crippen molar-refractivity contribution in [1.29, 1.82) is 0 Å². The predicted molar refractivity (Wildman–Crippen MR) is 123 cm³/mol. The number of alkyl halides is 1. The second-order valence-corrected chi connectivity index (χ2v) is 10.6. The van der Waals surface area contributed by atoms with Gasteiger partial charge in [0.05, 0.1) is 12.7 Å². The van der Waals surface area contributed by atoms with Gasteiger partial charge in [0.1, 0.15) is 24.0 Å². The monoisotopic (exact) mass is 531 g/mol. The first-order valence-electron chi connectivity index (χ1n) is 11.4. The quantitative estimate of drug-likeness (QED) is 0.301. The van der Waals surface area contributed by atoms with Crippen molar-refractivity contribution in [3.05, 3.63) is 30.3 Å². The maximum absolute atomic E-state index is 15.5. The molecule has 0 aliphatic carbocycles. The maximum Gasteiger partial charge on any atom is 0.459 e. The number of hydrogen-bond acceptors (Lipinski definition) is 9. The molecule has 3 rings (SSSR count). The molecule has 3 amide bonds. The van der Waals surface area contributed by atoms with Crippen LogP contribution in [0.5, 0.6) is 5.75 Å². The number of para-hydroxylation sites is 1. The number of amides is 3. The summed E-state index contributed by atoms with van der Waals surface area (Å²) in [6.07, 6.45) is -5.14. The average molecular weight is 531 g/mol. The Morgan fingerprint density at radius 2 is 2.00 bits per heavy atom. The van der Waals surface area contributed by atoms with Crippen molar-refractivity contribution in [2.75, 3.05) is 13.2 Å². The number of nitrogens with one attached hydrogen (secondary N) is 2. The minimum atomic E-state index is -4.29. The van der Waals surface area contributed by atoms with Crippen LogP contribution in [0.15, 0.2) is 30.3 Å². The van der Waals surface area contributed by atoms with Crippen molar-refractivity contribution in [1.82, 2.24) is 15.3 Å². The van der Waals surface area contributed by atoms with E-state index in [1.54, 1.807) is 32.0 Å². The molecule has 200 valence electrons. The lowest BCUT2D eigenvalue weighted by Crippen LogP contribution is -2.59. The van der Waals surface area contributed by atoms with E-state index in [0.717, 1.165) is 11.8 Å². The number of halogens is 1. The van der Waals surface area contributed by atoms with E-state index in [1.165, 1.54) is 19.1 Å². The van der Waals surface area contributed by atoms with E-state index in [1.807, 2.05) is 0 Å². The lowest BCUT2D eigenvalue weighted by atomic mass is 9.97. The minimum Gasteiger partial charge on any atom is -0.462 e. The summed E-state index contributed by atoms with van der Waals surface area (Å²) in [6, 6.07) is 6.04. The first kappa shape index (κ1) is 28.0. The summed E-state index contributed by atoms with van der Waals surface area (Å²) in [4.78, 5) is 36.8. The molecule has 0 radical (unpaired) electrons. The number of aliphatic hydroxyl groups is 1. The number of hydrogen-bond donors (Lipinski definition) is 3. The molecular weight excluding hydrogens is 500 g/mol. The highest BCUT2D eigenvalue weighted by Gasteiger charge is 2.58. The zero-order valence-electron chi connectivity index (χ0n) is 20.4. The maximum atomic E-state index is 15.5. The molecule has 0 aromatic heterocycles. The van der Waals surface area contributed by atoms with Crippen LogP contribution in [0.2, 0.25) is 0 Å². The number of esters is 1. The molecule has 1 unspecified atom stereocenters. The molecule has 2 aliphatic rings. The van der Waals surface area contributed by atoms with Crippen molar-refractivity contribution >= 4 is 25.7 Å². The molecule has 1 aromatic carbocycles. The van der Waals surface area contributed by atoms with Crippen LogP contribution in [0.1, 0.15) is 34.1 Å². The van der Waals surface area contributed by atoms with Gasteiger partial charge in [-0.15, -0.1) is 0 Å². The highest BCUT2D eigenvalue weighted by Crippen LogP contribution is 2.46. The van der Waals surface area contributed by atoms with Crippen LogP contribution in [0.25, 0.3) is 0 Å². The van der Waals surface area contributed by atoms with E-state index >= 15 is 4.39 Å². The summed E-state index contributed by atoms with van der Waals surface area (Å²) < 4.78 is 50.7. The van der Waals surface area contributed by atoms with Gasteiger partial charge in [-0.05, 0) is 39.8 Å². The minimum absolute atomic E-state index is 0.0622. The van der Waals surface area contributed by atoms with Crippen LogP contribution in [-0.2, 0) is 28.2 Å². The fourth-order valence-corrected chi connectivity index (χ4v) is 5.20. The Labute approximate surface area is 208 Å². The Hall–Kier alpha value is -2.57. The van der Waals surface area contributed by atoms with Gasteiger partial charge in [-0.1, -0.05) is 18.2 Å². The molecule has 2 aliphatic heterocycles. The molecule has 3 N–H and O–H groups in total. The van der Waals surface area contributed by atoms with Gasteiger partial charge in [-0.3, -0.25) is 24.3 Å². The summed E-state index contributed by atoms with van der Waals surface area (Å²) in [7, 11) is -4.29. The topological polar surface area (TPSA) is 153 Å². The lowest BCUT2D eigenvalue weighted by Gasteiger charge is -2.35. The summed E-state index contributed by atoms with van der Waals surface area (Å²) >= 11 is 0. The average Bonchev–Trinajstić information content (AvgIpc) is 3.01. The molecule has 12 nitrogen and oxygen atoms in total. The highest BCUT2D eigenvalue weighted by atomic mass is 31.2. The summed E-state index contributed by atoms with van der Waals surface area (Å²) in [5.74, 6) is -1.05. The zero-order chi connectivity index (χ0) is 26.7. The third-order valence-electron chi connectivity index (χ3n) is 5.52. The smallest absolute Gasteiger partial charge is 0.459 e. The molecule has 14 heteroatoms. The third kappa shape index (κ3) is 6.60. The summed E-state index contributed by atoms with van der Waals surface area (Å²) in [5, 5.41) is 15.1. The number of aliphatic hydroxyl groups excluding tert-OH is 1. The number of nitrogens with zero attached hydrogens (tertiary/aromatic N) is 1. The second kappa shape index (κ2) is 11.2. The predicted octanol–water partition coefficient (Wildman–Crippen LogP) is 1.88. The molecule has 6 atom stereocenters. The number of ether oxygens (including phenoxy) is 2. The molecule has 0 saturated carbocycles. The molecule has 2 saturated heterocycles. The zero-order valence-corrected chi connectivity index (χ0v) is 21.3. The molecule has 2 fully saturated rings. The van der Waals surface area contributed by atoms with Gasteiger partial charge in [0.2, 0.25) is 5.91 Å². The lowest BCUT2D eigenvalue weighted by molar-refractivity contribution is -0.149. The van der Waals surface area contributed by atoms with E-state index in [9.17, 15) is 24.1 Å². The van der Waals surface area contributed by atoms with Crippen molar-refractivity contribution in [3.8, 4) is 5.75 Å². The van der Waals surface area contributed by atoms with Crippen molar-refractivity contribution in [3.63, 3.8) is 0 Å². The van der Waals surface area contributed by atoms with Crippen LogP contribution in [-0.4, -0.2) is 77.3 Å². The van der Waals surface area contributed by atoms with Crippen LogP contribution in [0.4, 0.5) is 9.18 Å². The van der Waals surface area contributed by atoms with Crippen LogP contribution in [0, 0.1) is 0 Å². The number of benzene rings is 1. The van der Waals surface area contributed by atoms with E-state index in [4.69, 9.17) is 18.5 Å². The molecule has 1 aromatic rings. The van der Waals surface area contributed by atoms with Crippen molar-refractivity contribution in [2.45, 2.75) is 70.4 Å². The normalized spacial score (nSPS) is 29.0. The molecular formula is C22H31FN3O9P. The van der Waals surface area contributed by atoms with Gasteiger partial charge < -0.3 is 19.1 Å². The van der Waals surface area contributed by atoms with Gasteiger partial charge in [0.25, 0.3) is 0 Å². The molecule has 36 heavy (non-hydrogen) atoms. The summed E-state index contributed by atoms with van der Waals surface area (Å²) in [6.45, 7) is 5.04. The van der Waals surface area contributed by atoms with Crippen molar-refractivity contribution < 1.29 is 47.0 Å². The van der Waals surface area contributed by atoms with Gasteiger partial charge in [0.15, 0.2) is 11.9 Å². The largest absolute Gasteiger partial charge is 0.462 e. The fraction of sp³-hybridized carbons (Fsp3) is 0.591. The molecule has 0 bridgehead atoms. The number of rotatable bonds is 10. The Balaban J connectivity index is 1.74. The number of urea groups is 1. The van der Waals surface area contributed by atoms with Gasteiger partial charge in [-0.25, -0.2) is 13.8 Å². The number of imide groups is 1. The third-order valence-corrected chi connectivity index (χ3v) is 7.17. The Bertz CT molecular complexity index is 1010. The van der Waals surface area contributed by atoms with Crippen LogP contribution in [0.3, 0.4) is 0 Å². The van der Waals surface area contributed by atoms with E-state index in [0.29, 0.717) is 0 Å². The van der Waals surface area contributed by atoms with Crippen molar-refractivity contribution in [2.24, 2.45) is 0 Å². The Morgan fingerprint density at radius 3 is 2.61 bits per heavy atom. The molecule has 2 heterocycles. The van der Waals surface area contributed by atoms with E-state index < -0.39 is 68.5 Å². The SMILES string of the molecule is CC(C)OC(=O)[C@@H](C)NP(=O)(OC[C@@H]1O[C@H](N2CCC(=O)NC2=O)[C@@](C)(F)[C@H]1O)Oc1ccccc1. The molecule has 0 spiro atoms. The highest BCUT2D eigenvalue weighted by molar-refractivity contribution is 7.52. The van der Waals surface area contributed by atoms with E-state index in [2.05, 4.69) is 10.4 Å². The number of carbonyl (C=O) groups is 3. The van der Waals surface area contributed by atoms with Gasteiger partial charge in [-0.2, -0.15) is 5.09 Å². The van der Waals surface area contributed by atoms with E-state index in [-0.39, 0.29) is 18.7 Å². The first-order valence-corrected chi connectivity index (χ1v) is 13.0. The fourth-order valence-electron chi connectivity index (χ4n) is 3.70. The second-order valence-electron chi connectivity index (χ2n) is 8.95. The van der Waals surface area contributed by atoms with Crippen LogP contribution < -0.4 is 14.9 Å². The van der Waals surface area contributed by atoms with Gasteiger partial charge >= 0.3 is 19.7 Å². The summed E-state index contributed by atoms with van der Waals surface area (Å²) in [5.41, 5.74) is -2.43. The number of carbonyl (C=O) groups excluding carboxylic acids is 3.